The van der Waals surface area contributed by atoms with Gasteiger partial charge < -0.3 is 5.32 Å². The van der Waals surface area contributed by atoms with Gasteiger partial charge in [0.1, 0.15) is 0 Å². The highest BCUT2D eigenvalue weighted by Gasteiger charge is 2.34. The zero-order valence-corrected chi connectivity index (χ0v) is 14.6. The van der Waals surface area contributed by atoms with Gasteiger partial charge in [-0.3, -0.25) is 0 Å². The second kappa shape index (κ2) is 6.88. The Morgan fingerprint density at radius 1 is 0.870 bits per heavy atom. The molecule has 1 fully saturated rings. The highest BCUT2D eigenvalue weighted by molar-refractivity contribution is 5.33. The summed E-state index contributed by atoms with van der Waals surface area (Å²) in [4.78, 5) is 0. The zero-order chi connectivity index (χ0) is 16.3. The first-order chi connectivity index (χ1) is 11.1. The molecule has 2 unspecified atom stereocenters. The first-order valence-corrected chi connectivity index (χ1v) is 8.89. The molecule has 0 aliphatic carbocycles. The molecule has 0 bridgehead atoms. The molecule has 0 saturated carbocycles. The molecule has 2 aromatic rings. The lowest BCUT2D eigenvalue weighted by atomic mass is 9.70. The van der Waals surface area contributed by atoms with E-state index in [0.29, 0.717) is 23.3 Å². The van der Waals surface area contributed by atoms with Crippen molar-refractivity contribution in [3.8, 4) is 0 Å². The van der Waals surface area contributed by atoms with Crippen molar-refractivity contribution in [2.75, 3.05) is 6.54 Å². The van der Waals surface area contributed by atoms with E-state index in [0.717, 1.165) is 6.54 Å². The van der Waals surface area contributed by atoms with Crippen molar-refractivity contribution in [2.45, 2.75) is 45.6 Å². The fourth-order valence-electron chi connectivity index (χ4n) is 3.97. The summed E-state index contributed by atoms with van der Waals surface area (Å²) in [7, 11) is 0. The third-order valence-electron chi connectivity index (χ3n) is 5.28. The minimum absolute atomic E-state index is 0.316. The number of benzene rings is 2. The Hall–Kier alpha value is -1.60. The van der Waals surface area contributed by atoms with Crippen molar-refractivity contribution in [1.82, 2.24) is 5.32 Å². The Kier molecular flexibility index (Phi) is 4.87. The summed E-state index contributed by atoms with van der Waals surface area (Å²) in [5.41, 5.74) is 3.23. The van der Waals surface area contributed by atoms with Gasteiger partial charge in [-0.1, -0.05) is 81.4 Å². The van der Waals surface area contributed by atoms with Gasteiger partial charge in [-0.15, -0.1) is 0 Å². The molecule has 1 N–H and O–H groups in total. The summed E-state index contributed by atoms with van der Waals surface area (Å²) >= 11 is 0. The van der Waals surface area contributed by atoms with E-state index >= 15 is 0 Å². The number of nitrogens with one attached hydrogen (secondary N) is 1. The molecule has 0 amide bonds. The smallest absolute Gasteiger partial charge is 0.0119 e. The standard InChI is InChI=1S/C22H29N/c1-22(2,3)20-16-19(14-15-23-20)21(17-10-6-4-7-11-17)18-12-8-5-9-13-18/h4-13,19-21,23H,14-16H2,1-3H3. The van der Waals surface area contributed by atoms with E-state index < -0.39 is 0 Å². The molecule has 3 rings (SSSR count). The zero-order valence-electron chi connectivity index (χ0n) is 14.6. The maximum atomic E-state index is 3.75. The first kappa shape index (κ1) is 16.3. The Bertz CT molecular complexity index is 557. The number of rotatable bonds is 3. The number of hydrogen-bond acceptors (Lipinski definition) is 1. The Morgan fingerprint density at radius 2 is 1.39 bits per heavy atom. The minimum Gasteiger partial charge on any atom is -0.313 e. The van der Waals surface area contributed by atoms with Crippen molar-refractivity contribution in [1.29, 1.82) is 0 Å². The van der Waals surface area contributed by atoms with Gasteiger partial charge in [0.2, 0.25) is 0 Å². The van der Waals surface area contributed by atoms with Gasteiger partial charge in [-0.2, -0.15) is 0 Å². The minimum atomic E-state index is 0.316. The fraction of sp³-hybridized carbons (Fsp3) is 0.455. The van der Waals surface area contributed by atoms with Crippen molar-refractivity contribution in [3.05, 3.63) is 71.8 Å². The maximum Gasteiger partial charge on any atom is 0.0119 e. The number of piperidine rings is 1. The van der Waals surface area contributed by atoms with Crippen LogP contribution in [0, 0.1) is 11.3 Å². The van der Waals surface area contributed by atoms with Gasteiger partial charge in [0.15, 0.2) is 0 Å². The van der Waals surface area contributed by atoms with Crippen LogP contribution in [0.15, 0.2) is 60.7 Å². The predicted molar refractivity (Wildman–Crippen MR) is 98.7 cm³/mol. The lowest BCUT2D eigenvalue weighted by Gasteiger charge is -2.41. The molecule has 1 saturated heterocycles. The van der Waals surface area contributed by atoms with E-state index in [9.17, 15) is 0 Å². The molecule has 1 heterocycles. The van der Waals surface area contributed by atoms with E-state index in [2.05, 4.69) is 86.8 Å². The van der Waals surface area contributed by atoms with Gasteiger partial charge in [0.25, 0.3) is 0 Å². The normalized spacial score (nSPS) is 22.3. The molecule has 0 radical (unpaired) electrons. The molecule has 1 aliphatic heterocycles. The molecule has 1 heteroatoms. The Labute approximate surface area is 141 Å². The largest absolute Gasteiger partial charge is 0.313 e. The summed E-state index contributed by atoms with van der Waals surface area (Å²) < 4.78 is 0. The van der Waals surface area contributed by atoms with Crippen LogP contribution >= 0.6 is 0 Å². The highest BCUT2D eigenvalue weighted by Crippen LogP contribution is 2.40. The predicted octanol–water partition coefficient (Wildman–Crippen LogP) is 5.23. The van der Waals surface area contributed by atoms with E-state index in [1.54, 1.807) is 0 Å². The first-order valence-electron chi connectivity index (χ1n) is 8.89. The summed E-state index contributed by atoms with van der Waals surface area (Å²) in [5, 5.41) is 3.75. The van der Waals surface area contributed by atoms with Gasteiger partial charge in [-0.25, -0.2) is 0 Å². The van der Waals surface area contributed by atoms with E-state index in [1.807, 2.05) is 0 Å². The SMILES string of the molecule is CC(C)(C)C1CC(C(c2ccccc2)c2ccccc2)CCN1. The average Bonchev–Trinajstić information content (AvgIpc) is 2.57. The van der Waals surface area contributed by atoms with Crippen molar-refractivity contribution in [3.63, 3.8) is 0 Å². The molecule has 2 aromatic carbocycles. The van der Waals surface area contributed by atoms with Gasteiger partial charge >= 0.3 is 0 Å². The van der Waals surface area contributed by atoms with E-state index in [4.69, 9.17) is 0 Å². The monoisotopic (exact) mass is 307 g/mol. The van der Waals surface area contributed by atoms with Crippen molar-refractivity contribution >= 4 is 0 Å². The fourth-order valence-corrected chi connectivity index (χ4v) is 3.97. The molecule has 0 spiro atoms. The molecule has 23 heavy (non-hydrogen) atoms. The molecule has 2 atom stereocenters. The number of hydrogen-bond donors (Lipinski definition) is 1. The quantitative estimate of drug-likeness (QED) is 0.818. The van der Waals surface area contributed by atoms with E-state index in [1.165, 1.54) is 24.0 Å². The van der Waals surface area contributed by atoms with Crippen LogP contribution in [0.5, 0.6) is 0 Å². The molecule has 1 nitrogen and oxygen atoms in total. The van der Waals surface area contributed by atoms with Crippen LogP contribution < -0.4 is 5.32 Å². The van der Waals surface area contributed by atoms with Crippen LogP contribution in [0.4, 0.5) is 0 Å². The third-order valence-corrected chi connectivity index (χ3v) is 5.28. The van der Waals surface area contributed by atoms with Crippen LogP contribution in [0.1, 0.15) is 50.7 Å². The van der Waals surface area contributed by atoms with Crippen LogP contribution in [0.3, 0.4) is 0 Å². The summed E-state index contributed by atoms with van der Waals surface area (Å²) in [5.74, 6) is 1.20. The second-order valence-electron chi connectivity index (χ2n) is 7.96. The van der Waals surface area contributed by atoms with Crippen molar-refractivity contribution in [2.24, 2.45) is 11.3 Å². The van der Waals surface area contributed by atoms with Crippen LogP contribution in [0.2, 0.25) is 0 Å². The maximum absolute atomic E-state index is 3.75. The van der Waals surface area contributed by atoms with Gasteiger partial charge in [-0.05, 0) is 41.8 Å². The molecule has 1 aliphatic rings. The lowest BCUT2D eigenvalue weighted by molar-refractivity contribution is 0.176. The van der Waals surface area contributed by atoms with Crippen LogP contribution in [-0.2, 0) is 0 Å². The Morgan fingerprint density at radius 3 is 1.87 bits per heavy atom. The average molecular weight is 307 g/mol. The summed E-state index contributed by atoms with van der Waals surface area (Å²) in [6.07, 6.45) is 2.50. The topological polar surface area (TPSA) is 12.0 Å². The highest BCUT2D eigenvalue weighted by atomic mass is 14.9. The molecule has 0 aromatic heterocycles. The lowest BCUT2D eigenvalue weighted by Crippen LogP contribution is -2.47. The molecular formula is C22H29N. The third kappa shape index (κ3) is 3.84. The summed E-state index contributed by atoms with van der Waals surface area (Å²) in [6.45, 7) is 8.19. The van der Waals surface area contributed by atoms with E-state index in [-0.39, 0.29) is 0 Å². The molecule has 122 valence electrons. The second-order valence-corrected chi connectivity index (χ2v) is 7.96. The van der Waals surface area contributed by atoms with Crippen LogP contribution in [0.25, 0.3) is 0 Å². The molecular weight excluding hydrogens is 278 g/mol. The van der Waals surface area contributed by atoms with Crippen LogP contribution in [-0.4, -0.2) is 12.6 Å². The van der Waals surface area contributed by atoms with Gasteiger partial charge in [0.05, 0.1) is 0 Å². The van der Waals surface area contributed by atoms with Gasteiger partial charge in [0, 0.05) is 12.0 Å². The van der Waals surface area contributed by atoms with Crippen molar-refractivity contribution < 1.29 is 0 Å². The Balaban J connectivity index is 1.93. The summed E-state index contributed by atoms with van der Waals surface area (Å²) in [6, 6.07) is 22.7.